The Kier molecular flexibility index (Phi) is 8.00. The molecule has 1 N–H and O–H groups in total. The third-order valence-electron chi connectivity index (χ3n) is 3.29. The maximum atomic E-state index is 6.22. The number of hydrogen-bond donors (Lipinski definition) is 1. The van der Waals surface area contributed by atoms with Gasteiger partial charge in [0.25, 0.3) is 0 Å². The molecule has 1 aromatic carbocycles. The van der Waals surface area contributed by atoms with Gasteiger partial charge in [-0.3, -0.25) is 0 Å². The van der Waals surface area contributed by atoms with E-state index in [9.17, 15) is 0 Å². The van der Waals surface area contributed by atoms with Crippen LogP contribution in [0.15, 0.2) is 6.07 Å². The van der Waals surface area contributed by atoms with Crippen LogP contribution in [0.3, 0.4) is 0 Å². The minimum absolute atomic E-state index is 0.391. The second-order valence-electron chi connectivity index (χ2n) is 5.49. The smallest absolute Gasteiger partial charge is 0.0782 e. The molecule has 114 valence electrons. The van der Waals surface area contributed by atoms with E-state index in [4.69, 9.17) is 46.4 Å². The van der Waals surface area contributed by atoms with Crippen LogP contribution < -0.4 is 5.32 Å². The van der Waals surface area contributed by atoms with Crippen LogP contribution in [-0.2, 0) is 6.42 Å². The van der Waals surface area contributed by atoms with Crippen molar-refractivity contribution in [3.63, 3.8) is 0 Å². The van der Waals surface area contributed by atoms with Crippen molar-refractivity contribution in [1.29, 1.82) is 0 Å². The molecule has 0 aromatic heterocycles. The molecular formula is C15H21Cl4N. The fourth-order valence-corrected chi connectivity index (χ4v) is 3.11. The summed E-state index contributed by atoms with van der Waals surface area (Å²) in [6, 6.07) is 2.19. The van der Waals surface area contributed by atoms with Crippen LogP contribution >= 0.6 is 46.4 Å². The van der Waals surface area contributed by atoms with Gasteiger partial charge in [-0.05, 0) is 43.4 Å². The fraction of sp³-hybridized carbons (Fsp3) is 0.600. The Balaban J connectivity index is 2.55. The Labute approximate surface area is 141 Å². The minimum Gasteiger partial charge on any atom is -0.315 e. The Bertz CT molecular complexity index is 446. The molecule has 0 fully saturated rings. The van der Waals surface area contributed by atoms with Crippen molar-refractivity contribution in [2.24, 2.45) is 5.92 Å². The molecule has 1 aromatic rings. The predicted octanol–water partition coefficient (Wildman–Crippen LogP) is 6.26. The van der Waals surface area contributed by atoms with E-state index in [-0.39, 0.29) is 0 Å². The average molecular weight is 357 g/mol. The lowest BCUT2D eigenvalue weighted by Gasteiger charge is -2.15. The van der Waals surface area contributed by atoms with Crippen molar-refractivity contribution >= 4 is 46.4 Å². The maximum absolute atomic E-state index is 6.22. The predicted molar refractivity (Wildman–Crippen MR) is 91.7 cm³/mol. The summed E-state index contributed by atoms with van der Waals surface area (Å²) in [4.78, 5) is 0. The van der Waals surface area contributed by atoms with Crippen molar-refractivity contribution in [2.75, 3.05) is 6.54 Å². The molecule has 0 aliphatic rings. The quantitative estimate of drug-likeness (QED) is 0.449. The summed E-state index contributed by atoms with van der Waals surface area (Å²) >= 11 is 24.4. The van der Waals surface area contributed by atoms with Crippen LogP contribution in [0.1, 0.15) is 39.2 Å². The third-order valence-corrected chi connectivity index (χ3v) is 4.92. The molecule has 20 heavy (non-hydrogen) atoms. The summed E-state index contributed by atoms with van der Waals surface area (Å²) in [5.41, 5.74) is 0.895. The number of benzene rings is 1. The van der Waals surface area contributed by atoms with E-state index in [0.29, 0.717) is 32.1 Å². The highest BCUT2D eigenvalue weighted by Crippen LogP contribution is 2.38. The molecule has 0 saturated heterocycles. The van der Waals surface area contributed by atoms with E-state index < -0.39 is 0 Å². The first-order valence-corrected chi connectivity index (χ1v) is 8.39. The Hall–Kier alpha value is 0.340. The van der Waals surface area contributed by atoms with Crippen LogP contribution in [0.2, 0.25) is 20.1 Å². The van der Waals surface area contributed by atoms with Gasteiger partial charge in [0, 0.05) is 11.1 Å². The summed E-state index contributed by atoms with van der Waals surface area (Å²) in [5.74, 6) is 0.600. The Morgan fingerprint density at radius 2 is 1.60 bits per heavy atom. The van der Waals surface area contributed by atoms with Gasteiger partial charge in [-0.15, -0.1) is 0 Å². The topological polar surface area (TPSA) is 12.0 Å². The summed E-state index contributed by atoms with van der Waals surface area (Å²) < 4.78 is 0. The lowest BCUT2D eigenvalue weighted by Crippen LogP contribution is -2.25. The van der Waals surface area contributed by atoms with Crippen LogP contribution in [0, 0.1) is 5.92 Å². The highest BCUT2D eigenvalue weighted by Gasteiger charge is 2.14. The molecule has 1 nitrogen and oxygen atoms in total. The lowest BCUT2D eigenvalue weighted by atomic mass is 9.98. The van der Waals surface area contributed by atoms with Crippen molar-refractivity contribution in [3.8, 4) is 0 Å². The van der Waals surface area contributed by atoms with Gasteiger partial charge >= 0.3 is 0 Å². The van der Waals surface area contributed by atoms with Crippen molar-refractivity contribution in [2.45, 2.75) is 46.1 Å². The van der Waals surface area contributed by atoms with E-state index in [1.165, 1.54) is 0 Å². The van der Waals surface area contributed by atoms with E-state index in [1.807, 2.05) is 0 Å². The van der Waals surface area contributed by atoms with Gasteiger partial charge in [0.1, 0.15) is 0 Å². The molecule has 5 heteroatoms. The lowest BCUT2D eigenvalue weighted by molar-refractivity contribution is 0.454. The molecule has 0 radical (unpaired) electrons. The SMILES string of the molecule is CC(CCNC(C)C)CCc1c(Cl)cc(Cl)c(Cl)c1Cl. The zero-order chi connectivity index (χ0) is 15.3. The van der Waals surface area contributed by atoms with Crippen molar-refractivity contribution in [1.82, 2.24) is 5.32 Å². The largest absolute Gasteiger partial charge is 0.315 e. The van der Waals surface area contributed by atoms with E-state index in [0.717, 1.165) is 31.4 Å². The molecule has 0 saturated carbocycles. The molecule has 0 amide bonds. The Morgan fingerprint density at radius 3 is 2.20 bits per heavy atom. The van der Waals surface area contributed by atoms with Gasteiger partial charge in [0.05, 0.1) is 15.1 Å². The molecular weight excluding hydrogens is 336 g/mol. The van der Waals surface area contributed by atoms with Crippen LogP contribution in [0.5, 0.6) is 0 Å². The Morgan fingerprint density at radius 1 is 0.950 bits per heavy atom. The van der Waals surface area contributed by atoms with Gasteiger partial charge in [-0.25, -0.2) is 0 Å². The van der Waals surface area contributed by atoms with E-state index >= 15 is 0 Å². The summed E-state index contributed by atoms with van der Waals surface area (Å²) in [7, 11) is 0. The molecule has 0 heterocycles. The normalized spacial score (nSPS) is 13.0. The van der Waals surface area contributed by atoms with Crippen LogP contribution in [0.25, 0.3) is 0 Å². The molecule has 1 atom stereocenters. The second kappa shape index (κ2) is 8.70. The second-order valence-corrected chi connectivity index (χ2v) is 7.06. The zero-order valence-corrected chi connectivity index (χ0v) is 15.1. The van der Waals surface area contributed by atoms with Gasteiger partial charge in [0.2, 0.25) is 0 Å². The van der Waals surface area contributed by atoms with Gasteiger partial charge in [0.15, 0.2) is 0 Å². The number of hydrogen-bond acceptors (Lipinski definition) is 1. The van der Waals surface area contributed by atoms with Crippen LogP contribution in [0.4, 0.5) is 0 Å². The summed E-state index contributed by atoms with van der Waals surface area (Å²) in [6.45, 7) is 7.57. The zero-order valence-electron chi connectivity index (χ0n) is 12.1. The summed E-state index contributed by atoms with van der Waals surface area (Å²) in [5, 5.41) is 5.29. The summed E-state index contributed by atoms with van der Waals surface area (Å²) in [6.07, 6.45) is 2.98. The van der Waals surface area contributed by atoms with Gasteiger partial charge in [-0.1, -0.05) is 67.2 Å². The first-order valence-electron chi connectivity index (χ1n) is 6.88. The molecule has 1 rings (SSSR count). The first kappa shape index (κ1) is 18.4. The molecule has 0 aliphatic heterocycles. The molecule has 1 unspecified atom stereocenters. The first-order chi connectivity index (χ1) is 9.32. The van der Waals surface area contributed by atoms with Gasteiger partial charge < -0.3 is 5.32 Å². The van der Waals surface area contributed by atoms with E-state index in [2.05, 4.69) is 26.1 Å². The minimum atomic E-state index is 0.391. The van der Waals surface area contributed by atoms with Crippen LogP contribution in [-0.4, -0.2) is 12.6 Å². The molecule has 0 bridgehead atoms. The maximum Gasteiger partial charge on any atom is 0.0782 e. The van der Waals surface area contributed by atoms with E-state index in [1.54, 1.807) is 6.07 Å². The monoisotopic (exact) mass is 355 g/mol. The fourth-order valence-electron chi connectivity index (χ4n) is 1.99. The molecule has 0 spiro atoms. The highest BCUT2D eigenvalue weighted by atomic mass is 35.5. The highest BCUT2D eigenvalue weighted by molar-refractivity contribution is 6.49. The van der Waals surface area contributed by atoms with Gasteiger partial charge in [-0.2, -0.15) is 0 Å². The number of halogens is 4. The van der Waals surface area contributed by atoms with Crippen molar-refractivity contribution < 1.29 is 0 Å². The third kappa shape index (κ3) is 5.61. The molecule has 0 aliphatic carbocycles. The average Bonchev–Trinajstić information content (AvgIpc) is 2.35. The van der Waals surface area contributed by atoms with Crippen molar-refractivity contribution in [3.05, 3.63) is 31.7 Å². The number of rotatable bonds is 7. The standard InChI is InChI=1S/C15H21Cl4N/c1-9(2)20-7-6-10(3)4-5-11-12(16)8-13(17)15(19)14(11)18/h8-10,20H,4-7H2,1-3H3. The number of nitrogens with one attached hydrogen (secondary N) is 1.